The van der Waals surface area contributed by atoms with Crippen LogP contribution in [0.4, 0.5) is 0 Å². The number of aliphatic hydroxyl groups is 3. The molecular weight excluding hydrogens is 606 g/mol. The standard InChI is InChI=1S/C44H85NO4/c1-3-5-7-9-11-13-15-17-18-19-20-21-22-23-24-25-27-28-30-32-34-36-38-42(47)44(49)41(40-46)45-43(48)39-37-35-33-31-29-26-16-14-12-10-8-6-4-2/h24-25,30,32,41-42,44,46-47,49H,3-23,26-29,31,33-40H2,1-2H3,(H,45,48)/b25-24+,32-30+. The van der Waals surface area contributed by atoms with Crippen LogP contribution in [0.25, 0.3) is 0 Å². The van der Waals surface area contributed by atoms with E-state index in [1.165, 1.54) is 154 Å². The van der Waals surface area contributed by atoms with E-state index in [1.54, 1.807) is 0 Å². The van der Waals surface area contributed by atoms with E-state index in [-0.39, 0.29) is 12.5 Å². The van der Waals surface area contributed by atoms with E-state index in [4.69, 9.17) is 0 Å². The first-order chi connectivity index (χ1) is 24.1. The van der Waals surface area contributed by atoms with Crippen molar-refractivity contribution in [3.8, 4) is 0 Å². The first kappa shape index (κ1) is 47.8. The van der Waals surface area contributed by atoms with Gasteiger partial charge in [-0.25, -0.2) is 0 Å². The zero-order valence-corrected chi connectivity index (χ0v) is 32.8. The smallest absolute Gasteiger partial charge is 0.220 e. The van der Waals surface area contributed by atoms with Crippen molar-refractivity contribution in [3.05, 3.63) is 24.3 Å². The van der Waals surface area contributed by atoms with Crippen molar-refractivity contribution in [2.75, 3.05) is 6.61 Å². The third-order valence-corrected chi connectivity index (χ3v) is 10.0. The van der Waals surface area contributed by atoms with Crippen molar-refractivity contribution < 1.29 is 20.1 Å². The molecule has 3 unspecified atom stereocenters. The Morgan fingerprint density at radius 3 is 1.24 bits per heavy atom. The first-order valence-electron chi connectivity index (χ1n) is 21.6. The molecule has 0 aliphatic carbocycles. The van der Waals surface area contributed by atoms with Gasteiger partial charge in [-0.1, -0.05) is 192 Å². The van der Waals surface area contributed by atoms with Crippen LogP contribution in [0.2, 0.25) is 0 Å². The Bertz CT molecular complexity index is 724. The van der Waals surface area contributed by atoms with Gasteiger partial charge in [0.05, 0.1) is 18.8 Å². The van der Waals surface area contributed by atoms with Gasteiger partial charge < -0.3 is 20.6 Å². The SMILES string of the molecule is CCCCCCCCCCCCCCC/C=C/CC/C=C/CCCC(O)C(O)C(CO)NC(=O)CCCCCCCCCCCCCCC. The Morgan fingerprint density at radius 2 is 0.837 bits per heavy atom. The van der Waals surface area contributed by atoms with E-state index in [0.717, 1.165) is 44.9 Å². The zero-order chi connectivity index (χ0) is 35.9. The van der Waals surface area contributed by atoms with Crippen LogP contribution < -0.4 is 5.32 Å². The Kier molecular flexibility index (Phi) is 38.7. The maximum absolute atomic E-state index is 12.4. The number of hydrogen-bond donors (Lipinski definition) is 4. The van der Waals surface area contributed by atoms with Crippen LogP contribution >= 0.6 is 0 Å². The summed E-state index contributed by atoms with van der Waals surface area (Å²) in [5, 5.41) is 33.4. The predicted octanol–water partition coefficient (Wildman–Crippen LogP) is 12.2. The minimum absolute atomic E-state index is 0.158. The molecule has 0 aromatic carbocycles. The Morgan fingerprint density at radius 1 is 0.490 bits per heavy atom. The van der Waals surface area contributed by atoms with E-state index in [2.05, 4.69) is 43.5 Å². The van der Waals surface area contributed by atoms with Gasteiger partial charge in [-0.05, 0) is 51.4 Å². The molecule has 3 atom stereocenters. The number of amides is 1. The molecule has 0 rings (SSSR count). The Labute approximate surface area is 305 Å². The molecule has 0 bridgehead atoms. The highest BCUT2D eigenvalue weighted by atomic mass is 16.3. The second-order valence-corrected chi connectivity index (χ2v) is 14.9. The van der Waals surface area contributed by atoms with Gasteiger partial charge in [-0.2, -0.15) is 0 Å². The summed E-state index contributed by atoms with van der Waals surface area (Å²) in [6.45, 7) is 4.16. The Balaban J connectivity index is 3.68. The molecule has 5 nitrogen and oxygen atoms in total. The molecule has 0 fully saturated rings. The average molecular weight is 692 g/mol. The normalized spacial score (nSPS) is 13.8. The minimum atomic E-state index is -1.16. The molecule has 0 aromatic heterocycles. The number of rotatable bonds is 39. The van der Waals surface area contributed by atoms with E-state index >= 15 is 0 Å². The molecule has 290 valence electrons. The highest BCUT2D eigenvalue weighted by Gasteiger charge is 2.26. The summed E-state index contributed by atoms with van der Waals surface area (Å²) in [5.74, 6) is -0.158. The summed E-state index contributed by atoms with van der Waals surface area (Å²) in [7, 11) is 0. The number of hydrogen-bond acceptors (Lipinski definition) is 4. The van der Waals surface area contributed by atoms with Gasteiger partial charge >= 0.3 is 0 Å². The summed E-state index contributed by atoms with van der Waals surface area (Å²) < 4.78 is 0. The van der Waals surface area contributed by atoms with Crippen molar-refractivity contribution in [3.63, 3.8) is 0 Å². The number of carbonyl (C=O) groups is 1. The minimum Gasteiger partial charge on any atom is -0.394 e. The maximum atomic E-state index is 12.4. The van der Waals surface area contributed by atoms with E-state index in [0.29, 0.717) is 12.8 Å². The highest BCUT2D eigenvalue weighted by molar-refractivity contribution is 5.76. The fourth-order valence-electron chi connectivity index (χ4n) is 6.65. The maximum Gasteiger partial charge on any atom is 0.220 e. The molecule has 1 amide bonds. The molecule has 0 saturated heterocycles. The van der Waals surface area contributed by atoms with E-state index < -0.39 is 18.2 Å². The lowest BCUT2D eigenvalue weighted by atomic mass is 10.0. The average Bonchev–Trinajstić information content (AvgIpc) is 3.10. The van der Waals surface area contributed by atoms with Crippen LogP contribution in [0.1, 0.15) is 226 Å². The third-order valence-electron chi connectivity index (χ3n) is 10.0. The number of nitrogens with one attached hydrogen (secondary N) is 1. The predicted molar refractivity (Wildman–Crippen MR) is 213 cm³/mol. The molecule has 49 heavy (non-hydrogen) atoms. The van der Waals surface area contributed by atoms with Crippen molar-refractivity contribution in [1.29, 1.82) is 0 Å². The largest absolute Gasteiger partial charge is 0.394 e. The van der Waals surface area contributed by atoms with Gasteiger partial charge in [0.1, 0.15) is 6.10 Å². The van der Waals surface area contributed by atoms with Crippen LogP contribution in [0.5, 0.6) is 0 Å². The van der Waals surface area contributed by atoms with Gasteiger partial charge in [0.15, 0.2) is 0 Å². The fraction of sp³-hybridized carbons (Fsp3) is 0.886. The van der Waals surface area contributed by atoms with Crippen molar-refractivity contribution in [2.45, 2.75) is 244 Å². The van der Waals surface area contributed by atoms with Gasteiger partial charge in [0.2, 0.25) is 5.91 Å². The second kappa shape index (κ2) is 39.6. The summed E-state index contributed by atoms with van der Waals surface area (Å²) in [6.07, 6.45) is 47.2. The topological polar surface area (TPSA) is 89.8 Å². The van der Waals surface area contributed by atoms with Crippen LogP contribution in [-0.2, 0) is 4.79 Å². The van der Waals surface area contributed by atoms with Crippen LogP contribution in [0.15, 0.2) is 24.3 Å². The molecule has 0 saturated carbocycles. The highest BCUT2D eigenvalue weighted by Crippen LogP contribution is 2.15. The van der Waals surface area contributed by atoms with Gasteiger partial charge in [0, 0.05) is 6.42 Å². The first-order valence-corrected chi connectivity index (χ1v) is 21.6. The third kappa shape index (κ3) is 35.0. The summed E-state index contributed by atoms with van der Waals surface area (Å²) in [4.78, 5) is 12.4. The van der Waals surface area contributed by atoms with Gasteiger partial charge in [-0.3, -0.25) is 4.79 Å². The van der Waals surface area contributed by atoms with Gasteiger partial charge in [0.25, 0.3) is 0 Å². The Hall–Kier alpha value is -1.17. The lowest BCUT2D eigenvalue weighted by Gasteiger charge is -2.26. The molecule has 0 spiro atoms. The summed E-state index contributed by atoms with van der Waals surface area (Å²) in [5.41, 5.74) is 0. The molecule has 0 aliphatic heterocycles. The summed E-state index contributed by atoms with van der Waals surface area (Å²) in [6, 6.07) is -0.827. The van der Waals surface area contributed by atoms with Crippen molar-refractivity contribution in [2.24, 2.45) is 0 Å². The molecule has 0 aromatic rings. The molecule has 0 aliphatic rings. The zero-order valence-electron chi connectivity index (χ0n) is 32.8. The van der Waals surface area contributed by atoms with Crippen LogP contribution in [0, 0.1) is 0 Å². The van der Waals surface area contributed by atoms with Crippen molar-refractivity contribution >= 4 is 5.91 Å². The van der Waals surface area contributed by atoms with Crippen molar-refractivity contribution in [1.82, 2.24) is 5.32 Å². The van der Waals surface area contributed by atoms with Gasteiger partial charge in [-0.15, -0.1) is 0 Å². The van der Waals surface area contributed by atoms with E-state index in [9.17, 15) is 20.1 Å². The fourth-order valence-corrected chi connectivity index (χ4v) is 6.65. The number of carbonyl (C=O) groups excluding carboxylic acids is 1. The van der Waals surface area contributed by atoms with Crippen LogP contribution in [-0.4, -0.2) is 46.1 Å². The molecular formula is C44H85NO4. The lowest BCUT2D eigenvalue weighted by molar-refractivity contribution is -0.124. The molecule has 0 heterocycles. The number of unbranched alkanes of at least 4 members (excludes halogenated alkanes) is 27. The lowest BCUT2D eigenvalue weighted by Crippen LogP contribution is -2.50. The molecule has 0 radical (unpaired) electrons. The molecule has 4 N–H and O–H groups in total. The summed E-state index contributed by atoms with van der Waals surface area (Å²) >= 11 is 0. The second-order valence-electron chi connectivity index (χ2n) is 14.9. The molecule has 5 heteroatoms. The van der Waals surface area contributed by atoms with Crippen LogP contribution in [0.3, 0.4) is 0 Å². The monoisotopic (exact) mass is 692 g/mol. The number of aliphatic hydroxyl groups excluding tert-OH is 3. The quantitative estimate of drug-likeness (QED) is 0.0381. The van der Waals surface area contributed by atoms with E-state index in [1.807, 2.05) is 0 Å². The number of allylic oxidation sites excluding steroid dienone is 4.